The molecular formula is C15H20ClN3O2S. The van der Waals surface area contributed by atoms with Crippen molar-refractivity contribution < 1.29 is 9.47 Å². The predicted molar refractivity (Wildman–Crippen MR) is 93.3 cm³/mol. The fourth-order valence-corrected chi connectivity index (χ4v) is 2.42. The van der Waals surface area contributed by atoms with Crippen LogP contribution in [-0.2, 0) is 0 Å². The molecule has 0 bridgehead atoms. The lowest BCUT2D eigenvalue weighted by Gasteiger charge is -2.19. The highest BCUT2D eigenvalue weighted by atomic mass is 35.5. The van der Waals surface area contributed by atoms with Crippen molar-refractivity contribution in [3.05, 3.63) is 22.7 Å². The molecule has 0 aliphatic carbocycles. The second-order valence-corrected chi connectivity index (χ2v) is 5.68. The minimum absolute atomic E-state index is 0.510. The van der Waals surface area contributed by atoms with Crippen molar-refractivity contribution in [2.24, 2.45) is 5.10 Å². The summed E-state index contributed by atoms with van der Waals surface area (Å²) in [6, 6.07) is 3.61. The maximum absolute atomic E-state index is 6.16. The van der Waals surface area contributed by atoms with Crippen molar-refractivity contribution in [1.29, 1.82) is 0 Å². The normalized spacial score (nSPS) is 13.2. The monoisotopic (exact) mass is 341 g/mol. The number of benzene rings is 1. The van der Waals surface area contributed by atoms with Gasteiger partial charge in [0.2, 0.25) is 0 Å². The van der Waals surface area contributed by atoms with E-state index in [-0.39, 0.29) is 0 Å². The highest BCUT2D eigenvalue weighted by molar-refractivity contribution is 7.80. The number of halogens is 1. The van der Waals surface area contributed by atoms with E-state index < -0.39 is 0 Å². The van der Waals surface area contributed by atoms with Gasteiger partial charge in [0.15, 0.2) is 16.6 Å². The van der Waals surface area contributed by atoms with Crippen LogP contribution in [0.25, 0.3) is 0 Å². The predicted octanol–water partition coefficient (Wildman–Crippen LogP) is 3.10. The van der Waals surface area contributed by atoms with E-state index in [9.17, 15) is 0 Å². The Bertz CT molecular complexity index is 552. The molecule has 0 saturated heterocycles. The molecule has 0 spiro atoms. The summed E-state index contributed by atoms with van der Waals surface area (Å²) in [5.74, 6) is 1.23. The summed E-state index contributed by atoms with van der Waals surface area (Å²) >= 11 is 11.3. The molecule has 1 aliphatic rings. The number of unbranched alkanes of at least 4 members (excludes halogenated alkanes) is 2. The molecule has 0 fully saturated rings. The van der Waals surface area contributed by atoms with Crippen molar-refractivity contribution >= 4 is 35.1 Å². The molecule has 1 aromatic carbocycles. The number of nitrogens with zero attached hydrogens (tertiary/aromatic N) is 1. The number of ether oxygens (including phenoxy) is 2. The van der Waals surface area contributed by atoms with Gasteiger partial charge in [-0.2, -0.15) is 5.10 Å². The molecule has 0 amide bonds. The summed E-state index contributed by atoms with van der Waals surface area (Å²) in [4.78, 5) is 0. The third-order valence-electron chi connectivity index (χ3n) is 3.06. The summed E-state index contributed by atoms with van der Waals surface area (Å²) in [6.45, 7) is 4.05. The molecule has 22 heavy (non-hydrogen) atoms. The highest BCUT2D eigenvalue weighted by Crippen LogP contribution is 2.37. The number of nitrogens with one attached hydrogen (secondary N) is 2. The van der Waals surface area contributed by atoms with Gasteiger partial charge in [-0.05, 0) is 36.3 Å². The molecule has 1 aliphatic heterocycles. The molecule has 0 radical (unpaired) electrons. The molecule has 0 aromatic heterocycles. The van der Waals surface area contributed by atoms with E-state index in [1.165, 1.54) is 12.8 Å². The van der Waals surface area contributed by atoms with Crippen molar-refractivity contribution in [3.63, 3.8) is 0 Å². The molecule has 2 N–H and O–H groups in total. The van der Waals surface area contributed by atoms with Gasteiger partial charge in [-0.1, -0.05) is 31.4 Å². The molecule has 5 nitrogen and oxygen atoms in total. The first-order valence-electron chi connectivity index (χ1n) is 7.36. The van der Waals surface area contributed by atoms with Crippen LogP contribution in [0.5, 0.6) is 11.5 Å². The Hall–Kier alpha value is -1.53. The summed E-state index contributed by atoms with van der Waals surface area (Å²) in [6.07, 6.45) is 5.11. The average molecular weight is 342 g/mol. The van der Waals surface area contributed by atoms with Gasteiger partial charge in [0, 0.05) is 6.54 Å². The van der Waals surface area contributed by atoms with E-state index in [0.29, 0.717) is 34.8 Å². The maximum Gasteiger partial charge on any atom is 0.186 e. The largest absolute Gasteiger partial charge is 0.486 e. The molecule has 0 unspecified atom stereocenters. The fraction of sp³-hybridized carbons (Fsp3) is 0.467. The number of fused-ring (bicyclic) bond motifs is 1. The minimum Gasteiger partial charge on any atom is -0.486 e. The lowest BCUT2D eigenvalue weighted by atomic mass is 10.2. The lowest BCUT2D eigenvalue weighted by molar-refractivity contribution is 0.171. The van der Waals surface area contributed by atoms with Gasteiger partial charge in [-0.3, -0.25) is 5.43 Å². The summed E-state index contributed by atoms with van der Waals surface area (Å²) in [5, 5.41) is 8.22. The van der Waals surface area contributed by atoms with Crippen molar-refractivity contribution in [1.82, 2.24) is 10.7 Å². The highest BCUT2D eigenvalue weighted by Gasteiger charge is 2.15. The van der Waals surface area contributed by atoms with Gasteiger partial charge in [0.1, 0.15) is 13.2 Å². The molecule has 0 atom stereocenters. The smallest absolute Gasteiger partial charge is 0.186 e. The molecule has 7 heteroatoms. The molecule has 2 rings (SSSR count). The Morgan fingerprint density at radius 3 is 3.00 bits per heavy atom. The number of hydrogen-bond donors (Lipinski definition) is 2. The second-order valence-electron chi connectivity index (χ2n) is 4.86. The number of hydrazone groups is 1. The summed E-state index contributed by atoms with van der Waals surface area (Å²) in [5.41, 5.74) is 3.60. The van der Waals surface area contributed by atoms with E-state index in [0.717, 1.165) is 18.5 Å². The number of rotatable bonds is 6. The van der Waals surface area contributed by atoms with Crippen molar-refractivity contribution in [2.75, 3.05) is 19.8 Å². The minimum atomic E-state index is 0.510. The molecule has 120 valence electrons. The van der Waals surface area contributed by atoms with Crippen LogP contribution in [0.2, 0.25) is 5.02 Å². The van der Waals surface area contributed by atoms with Crippen LogP contribution in [0.3, 0.4) is 0 Å². The molecular weight excluding hydrogens is 322 g/mol. The SMILES string of the molecule is CCCCCNC(=S)N/N=C\c1cc(Cl)c2c(c1)OCCO2. The zero-order chi connectivity index (χ0) is 15.8. The van der Waals surface area contributed by atoms with Gasteiger partial charge in [-0.25, -0.2) is 0 Å². The second kappa shape index (κ2) is 8.80. The first-order valence-corrected chi connectivity index (χ1v) is 8.15. The van der Waals surface area contributed by atoms with Crippen molar-refractivity contribution in [2.45, 2.75) is 26.2 Å². The van der Waals surface area contributed by atoms with E-state index in [4.69, 9.17) is 33.3 Å². The Balaban J connectivity index is 1.85. The molecule has 0 saturated carbocycles. The van der Waals surface area contributed by atoms with Crippen LogP contribution in [-0.4, -0.2) is 31.1 Å². The Kier molecular flexibility index (Phi) is 6.74. The van der Waals surface area contributed by atoms with Crippen LogP contribution in [0, 0.1) is 0 Å². The van der Waals surface area contributed by atoms with Crippen LogP contribution in [0.1, 0.15) is 31.7 Å². The Labute approximate surface area is 141 Å². The number of hydrogen-bond acceptors (Lipinski definition) is 4. The van der Waals surface area contributed by atoms with Gasteiger partial charge in [0.05, 0.1) is 11.2 Å². The van der Waals surface area contributed by atoms with Gasteiger partial charge in [0.25, 0.3) is 0 Å². The van der Waals surface area contributed by atoms with Crippen LogP contribution >= 0.6 is 23.8 Å². The van der Waals surface area contributed by atoms with E-state index in [1.54, 1.807) is 12.3 Å². The maximum atomic E-state index is 6.16. The fourth-order valence-electron chi connectivity index (χ4n) is 1.99. The first kappa shape index (κ1) is 16.8. The lowest BCUT2D eigenvalue weighted by Crippen LogP contribution is -2.32. The van der Waals surface area contributed by atoms with E-state index >= 15 is 0 Å². The van der Waals surface area contributed by atoms with Gasteiger partial charge >= 0.3 is 0 Å². The zero-order valence-corrected chi connectivity index (χ0v) is 14.1. The third-order valence-corrected chi connectivity index (χ3v) is 3.58. The first-order chi connectivity index (χ1) is 10.7. The summed E-state index contributed by atoms with van der Waals surface area (Å²) < 4.78 is 11.0. The van der Waals surface area contributed by atoms with Gasteiger partial charge < -0.3 is 14.8 Å². The quantitative estimate of drug-likeness (QED) is 0.360. The molecule has 1 aromatic rings. The van der Waals surface area contributed by atoms with Crippen LogP contribution < -0.4 is 20.2 Å². The van der Waals surface area contributed by atoms with E-state index in [2.05, 4.69) is 22.8 Å². The Morgan fingerprint density at radius 1 is 1.36 bits per heavy atom. The molecule has 1 heterocycles. The third kappa shape index (κ3) is 5.03. The van der Waals surface area contributed by atoms with Crippen LogP contribution in [0.4, 0.5) is 0 Å². The topological polar surface area (TPSA) is 54.9 Å². The number of thiocarbonyl (C=S) groups is 1. The zero-order valence-electron chi connectivity index (χ0n) is 12.5. The van der Waals surface area contributed by atoms with Crippen LogP contribution in [0.15, 0.2) is 17.2 Å². The standard InChI is InChI=1S/C15H20ClN3O2S/c1-2-3-4-5-17-15(22)19-18-10-11-8-12(16)14-13(9-11)20-6-7-21-14/h8-10H,2-7H2,1H3,(H2,17,19,22)/b18-10-. The van der Waals surface area contributed by atoms with E-state index in [1.807, 2.05) is 6.07 Å². The van der Waals surface area contributed by atoms with Gasteiger partial charge in [-0.15, -0.1) is 0 Å². The summed E-state index contributed by atoms with van der Waals surface area (Å²) in [7, 11) is 0. The van der Waals surface area contributed by atoms with Crippen molar-refractivity contribution in [3.8, 4) is 11.5 Å². The Morgan fingerprint density at radius 2 is 2.18 bits per heavy atom. The average Bonchev–Trinajstić information content (AvgIpc) is 2.52.